The number of amides is 1. The largest absolute Gasteiger partial charge is 0.491 e. The minimum Gasteiger partial charge on any atom is -0.491 e. The van der Waals surface area contributed by atoms with Gasteiger partial charge in [-0.15, -0.1) is 0 Å². The van der Waals surface area contributed by atoms with Crippen molar-refractivity contribution in [2.75, 3.05) is 18.5 Å². The first-order valence-electron chi connectivity index (χ1n) is 12.5. The third-order valence-corrected chi connectivity index (χ3v) is 6.67. The topological polar surface area (TPSA) is 100 Å². The number of ether oxygens (including phenoxy) is 3. The van der Waals surface area contributed by atoms with Crippen molar-refractivity contribution < 1.29 is 19.0 Å². The fourth-order valence-electron chi connectivity index (χ4n) is 4.28. The van der Waals surface area contributed by atoms with Gasteiger partial charge < -0.3 is 18.8 Å². The van der Waals surface area contributed by atoms with Crippen LogP contribution in [-0.2, 0) is 26.6 Å². The normalized spacial score (nSPS) is 18.7. The molecule has 0 spiro atoms. The number of imidazole rings is 1. The molecular weight excluding hydrogens is 541 g/mol. The summed E-state index contributed by atoms with van der Waals surface area (Å²) in [5, 5.41) is 3.71. The summed E-state index contributed by atoms with van der Waals surface area (Å²) in [4.78, 5) is 24.6. The van der Waals surface area contributed by atoms with Gasteiger partial charge in [-0.2, -0.15) is 0 Å². The van der Waals surface area contributed by atoms with E-state index in [-0.39, 0.29) is 24.6 Å². The number of carbonyl (C=O) groups excluding carboxylic acids is 1. The Labute approximate surface area is 236 Å². The smallest absolute Gasteiger partial charge is 0.229 e. The van der Waals surface area contributed by atoms with E-state index in [9.17, 15) is 4.79 Å². The molecule has 1 aliphatic rings. The second kappa shape index (κ2) is 12.1. The van der Waals surface area contributed by atoms with E-state index in [1.54, 1.807) is 36.9 Å². The number of benzene rings is 2. The Morgan fingerprint density at radius 1 is 1.18 bits per heavy atom. The highest BCUT2D eigenvalue weighted by atomic mass is 35.5. The Hall–Kier alpha value is -3.50. The molecule has 2 unspecified atom stereocenters. The molecule has 1 aliphatic heterocycles. The number of rotatable bonds is 10. The van der Waals surface area contributed by atoms with Crippen molar-refractivity contribution in [2.24, 2.45) is 0 Å². The van der Waals surface area contributed by atoms with E-state index in [4.69, 9.17) is 37.4 Å². The van der Waals surface area contributed by atoms with E-state index in [1.165, 1.54) is 0 Å². The van der Waals surface area contributed by atoms with Gasteiger partial charge in [0.1, 0.15) is 18.5 Å². The van der Waals surface area contributed by atoms with Gasteiger partial charge in [0.15, 0.2) is 0 Å². The van der Waals surface area contributed by atoms with Crippen molar-refractivity contribution in [3.63, 3.8) is 0 Å². The number of hydrogen-bond acceptors (Lipinski definition) is 7. The molecule has 1 fully saturated rings. The third-order valence-electron chi connectivity index (χ3n) is 6.12. The van der Waals surface area contributed by atoms with Crippen LogP contribution in [0.5, 0.6) is 5.75 Å². The van der Waals surface area contributed by atoms with Crippen molar-refractivity contribution >= 4 is 35.1 Å². The Bertz CT molecular complexity index is 1420. The molecule has 0 bridgehead atoms. The molecule has 2 aromatic carbocycles. The quantitative estimate of drug-likeness (QED) is 0.261. The summed E-state index contributed by atoms with van der Waals surface area (Å²) in [7, 11) is 0. The lowest BCUT2D eigenvalue weighted by Gasteiger charge is -2.30. The van der Waals surface area contributed by atoms with Crippen LogP contribution in [0, 0.1) is 0 Å². The molecule has 1 amide bonds. The van der Waals surface area contributed by atoms with Crippen LogP contribution in [0.1, 0.15) is 25.3 Å². The van der Waals surface area contributed by atoms with Crippen molar-refractivity contribution in [3.05, 3.63) is 89.1 Å². The molecule has 3 heterocycles. The molecular formula is C28H27Cl2N5O4. The predicted molar refractivity (Wildman–Crippen MR) is 148 cm³/mol. The van der Waals surface area contributed by atoms with E-state index in [0.29, 0.717) is 46.6 Å². The van der Waals surface area contributed by atoms with Crippen molar-refractivity contribution in [1.82, 2.24) is 19.5 Å². The van der Waals surface area contributed by atoms with E-state index >= 15 is 0 Å². The Morgan fingerprint density at radius 3 is 2.77 bits per heavy atom. The summed E-state index contributed by atoms with van der Waals surface area (Å²) in [5.74, 6) is -0.268. The van der Waals surface area contributed by atoms with E-state index < -0.39 is 5.79 Å². The van der Waals surface area contributed by atoms with Gasteiger partial charge in [-0.25, -0.2) is 15.0 Å². The monoisotopic (exact) mass is 567 g/mol. The summed E-state index contributed by atoms with van der Waals surface area (Å²) < 4.78 is 20.6. The standard InChI is InChI=1S/C28H27Cl2N5O4/c1-2-3-26(36)34-27-32-11-10-25(33-27)19-4-7-21(8-5-19)37-15-22-16-38-28(39-22,17-35-13-12-31-18-35)23-9-6-20(29)14-24(23)30/h4-14,18,22H,2-3,15-17H2,1H3,(H,32,33,34,36). The van der Waals surface area contributed by atoms with Crippen molar-refractivity contribution in [2.45, 2.75) is 38.2 Å². The SMILES string of the molecule is CCCC(=O)Nc1nccc(-c2ccc(OCC3COC(Cn4ccnc4)(c4ccc(Cl)cc4Cl)O3)cc2)n1. The zero-order valence-corrected chi connectivity index (χ0v) is 22.7. The second-order valence-electron chi connectivity index (χ2n) is 9.06. The minimum absolute atomic E-state index is 0.108. The summed E-state index contributed by atoms with van der Waals surface area (Å²) in [6, 6.07) is 14.6. The van der Waals surface area contributed by atoms with Crippen LogP contribution in [-0.4, -0.2) is 44.7 Å². The van der Waals surface area contributed by atoms with Gasteiger partial charge in [-0.3, -0.25) is 10.1 Å². The molecule has 202 valence electrons. The molecule has 11 heteroatoms. The molecule has 0 aliphatic carbocycles. The van der Waals surface area contributed by atoms with Gasteiger partial charge in [0.05, 0.1) is 30.2 Å². The molecule has 2 atom stereocenters. The van der Waals surface area contributed by atoms with Crippen molar-refractivity contribution in [3.8, 4) is 17.0 Å². The fraction of sp³-hybridized carbons (Fsp3) is 0.286. The summed E-state index contributed by atoms with van der Waals surface area (Å²) in [6.07, 6.45) is 7.69. The van der Waals surface area contributed by atoms with Crippen LogP contribution >= 0.6 is 23.2 Å². The van der Waals surface area contributed by atoms with Gasteiger partial charge in [-0.05, 0) is 48.9 Å². The second-order valence-corrected chi connectivity index (χ2v) is 9.91. The number of nitrogens with one attached hydrogen (secondary N) is 1. The summed E-state index contributed by atoms with van der Waals surface area (Å²) in [6.45, 7) is 2.90. The van der Waals surface area contributed by atoms with Gasteiger partial charge in [0, 0.05) is 41.2 Å². The first-order valence-corrected chi connectivity index (χ1v) is 13.3. The van der Waals surface area contributed by atoms with Crippen LogP contribution in [0.15, 0.2) is 73.4 Å². The minimum atomic E-state index is -1.11. The zero-order chi connectivity index (χ0) is 27.2. The zero-order valence-electron chi connectivity index (χ0n) is 21.2. The molecule has 0 radical (unpaired) electrons. The van der Waals surface area contributed by atoms with Gasteiger partial charge in [0.2, 0.25) is 17.6 Å². The summed E-state index contributed by atoms with van der Waals surface area (Å²) >= 11 is 12.7. The molecule has 2 aromatic heterocycles. The predicted octanol–water partition coefficient (Wildman–Crippen LogP) is 5.73. The first-order chi connectivity index (χ1) is 18.9. The lowest BCUT2D eigenvalue weighted by Crippen LogP contribution is -2.34. The highest BCUT2D eigenvalue weighted by Crippen LogP contribution is 2.40. The lowest BCUT2D eigenvalue weighted by atomic mass is 10.1. The van der Waals surface area contributed by atoms with Crippen LogP contribution in [0.3, 0.4) is 0 Å². The first kappa shape index (κ1) is 27.1. The number of hydrogen-bond donors (Lipinski definition) is 1. The van der Waals surface area contributed by atoms with E-state index in [2.05, 4.69) is 20.3 Å². The Balaban J connectivity index is 1.24. The third kappa shape index (κ3) is 6.57. The average molecular weight is 568 g/mol. The molecule has 1 saturated heterocycles. The maximum atomic E-state index is 11.9. The number of anilines is 1. The molecule has 0 saturated carbocycles. The fourth-order valence-corrected chi connectivity index (χ4v) is 4.83. The molecule has 9 nitrogen and oxygen atoms in total. The molecule has 39 heavy (non-hydrogen) atoms. The number of nitrogens with zero attached hydrogens (tertiary/aromatic N) is 4. The van der Waals surface area contributed by atoms with Gasteiger partial charge >= 0.3 is 0 Å². The molecule has 4 aromatic rings. The van der Waals surface area contributed by atoms with Crippen LogP contribution in [0.25, 0.3) is 11.3 Å². The number of aromatic nitrogens is 4. The maximum absolute atomic E-state index is 11.9. The number of halogens is 2. The summed E-state index contributed by atoms with van der Waals surface area (Å²) in [5.41, 5.74) is 2.25. The molecule has 5 rings (SSSR count). The Kier molecular flexibility index (Phi) is 8.42. The van der Waals surface area contributed by atoms with E-state index in [1.807, 2.05) is 48.0 Å². The number of carbonyl (C=O) groups is 1. The van der Waals surface area contributed by atoms with Crippen LogP contribution in [0.4, 0.5) is 5.95 Å². The van der Waals surface area contributed by atoms with Gasteiger partial charge in [0.25, 0.3) is 0 Å². The van der Waals surface area contributed by atoms with Crippen molar-refractivity contribution in [1.29, 1.82) is 0 Å². The van der Waals surface area contributed by atoms with Crippen LogP contribution in [0.2, 0.25) is 10.0 Å². The molecule has 1 N–H and O–H groups in total. The van der Waals surface area contributed by atoms with Gasteiger partial charge in [-0.1, -0.05) is 36.2 Å². The average Bonchev–Trinajstić information content (AvgIpc) is 3.59. The lowest BCUT2D eigenvalue weighted by molar-refractivity contribution is -0.189. The highest BCUT2D eigenvalue weighted by Gasteiger charge is 2.45. The Morgan fingerprint density at radius 2 is 2.03 bits per heavy atom. The highest BCUT2D eigenvalue weighted by molar-refractivity contribution is 6.35. The van der Waals surface area contributed by atoms with E-state index in [0.717, 1.165) is 12.0 Å². The van der Waals surface area contributed by atoms with Crippen LogP contribution < -0.4 is 10.1 Å². The maximum Gasteiger partial charge on any atom is 0.229 e.